The van der Waals surface area contributed by atoms with Crippen LogP contribution in [0.4, 0.5) is 22.7 Å². The Balaban J connectivity index is 1.01. The Morgan fingerprint density at radius 3 is 1.15 bits per heavy atom. The number of esters is 2. The molecule has 6 aromatic rings. The lowest BCUT2D eigenvalue weighted by Gasteiger charge is -2.43. The summed E-state index contributed by atoms with van der Waals surface area (Å²) in [5, 5.41) is 0. The van der Waals surface area contributed by atoms with E-state index in [0.29, 0.717) is 48.2 Å². The summed E-state index contributed by atoms with van der Waals surface area (Å²) in [6, 6.07) is 45.6. The summed E-state index contributed by atoms with van der Waals surface area (Å²) in [5.41, 5.74) is 5.33. The smallest absolute Gasteiger partial charge is 0.351 e. The van der Waals surface area contributed by atoms with Gasteiger partial charge in [0.15, 0.2) is 0 Å². The van der Waals surface area contributed by atoms with Gasteiger partial charge in [-0.2, -0.15) is 0 Å². The lowest BCUT2D eigenvalue weighted by Crippen LogP contribution is -2.49. The van der Waals surface area contributed by atoms with E-state index in [1.54, 1.807) is 47.9 Å². The van der Waals surface area contributed by atoms with Crippen molar-refractivity contribution < 1.29 is 47.7 Å². The number of carbonyl (C=O) groups is 6. The van der Waals surface area contributed by atoms with E-state index in [0.717, 1.165) is 22.5 Å². The topological polar surface area (TPSA) is 152 Å². The summed E-state index contributed by atoms with van der Waals surface area (Å²) in [6.07, 6.45) is -1.71. The normalized spacial score (nSPS) is 17.6. The van der Waals surface area contributed by atoms with Gasteiger partial charge in [-0.3, -0.25) is 19.2 Å². The van der Waals surface area contributed by atoms with Crippen LogP contribution in [-0.2, 0) is 28.7 Å². The van der Waals surface area contributed by atoms with Crippen LogP contribution in [0.3, 0.4) is 0 Å². The third-order valence-electron chi connectivity index (χ3n) is 13.4. The van der Waals surface area contributed by atoms with Gasteiger partial charge in [0.2, 0.25) is 24.0 Å². The van der Waals surface area contributed by atoms with E-state index < -0.39 is 24.1 Å². The SMILES string of the molecule is CCOC(=O)C(Oc1ccc(C(=O)N2c3ccccc3C(N(C(=O)CC)c3ccccc3)CC2C)cc1)C(Oc1ccc(C(=O)N2c3ccccc3C(N(C(=O)CC)c3ccccc3)CC2C)cc1)C(=O)OCC. The number of fused-ring (bicyclic) bond motifs is 2. The van der Waals surface area contributed by atoms with E-state index in [1.807, 2.05) is 147 Å². The maximum Gasteiger partial charge on any atom is 0.351 e. The molecule has 0 fully saturated rings. The molecule has 4 amide bonds. The highest BCUT2D eigenvalue weighted by molar-refractivity contribution is 6.09. The van der Waals surface area contributed by atoms with Crippen LogP contribution in [0.5, 0.6) is 11.5 Å². The second kappa shape index (κ2) is 23.5. The molecule has 2 aliphatic heterocycles. The third-order valence-corrected chi connectivity index (χ3v) is 13.4. The van der Waals surface area contributed by atoms with E-state index >= 15 is 0 Å². The quantitative estimate of drug-likeness (QED) is 0.0807. The van der Waals surface area contributed by atoms with Crippen molar-refractivity contribution in [2.24, 2.45) is 0 Å². The first-order chi connectivity index (χ1) is 35.9. The summed E-state index contributed by atoms with van der Waals surface area (Å²) in [5.74, 6) is -2.09. The molecule has 0 spiro atoms. The van der Waals surface area contributed by atoms with Gasteiger partial charge in [-0.15, -0.1) is 0 Å². The molecular weight excluding hydrogens is 937 g/mol. The molecule has 2 aliphatic rings. The minimum absolute atomic E-state index is 0.0244. The Morgan fingerprint density at radius 2 is 0.811 bits per heavy atom. The average Bonchev–Trinajstić information content (AvgIpc) is 3.43. The number of nitrogens with zero attached hydrogens (tertiary/aromatic N) is 4. The van der Waals surface area contributed by atoms with E-state index in [-0.39, 0.29) is 72.5 Å². The Kier molecular flexibility index (Phi) is 16.6. The molecular formula is C60H62N4O10. The molecule has 2 heterocycles. The number of ether oxygens (including phenoxy) is 4. The van der Waals surface area contributed by atoms with E-state index in [9.17, 15) is 28.8 Å². The van der Waals surface area contributed by atoms with Crippen LogP contribution in [0, 0.1) is 0 Å². The Bertz CT molecular complexity index is 2750. The number of amides is 4. The van der Waals surface area contributed by atoms with Crippen molar-refractivity contribution in [3.8, 4) is 11.5 Å². The molecule has 8 rings (SSSR count). The van der Waals surface area contributed by atoms with Crippen LogP contribution in [0.25, 0.3) is 0 Å². The maximum absolute atomic E-state index is 14.5. The van der Waals surface area contributed by atoms with Gasteiger partial charge in [-0.05, 0) is 137 Å². The first-order valence-corrected chi connectivity index (χ1v) is 25.3. The van der Waals surface area contributed by atoms with Crippen LogP contribution in [0.2, 0.25) is 0 Å². The van der Waals surface area contributed by atoms with Crippen LogP contribution in [0.15, 0.2) is 158 Å². The molecule has 0 saturated heterocycles. The number of rotatable bonds is 17. The van der Waals surface area contributed by atoms with Gasteiger partial charge >= 0.3 is 11.9 Å². The first-order valence-electron chi connectivity index (χ1n) is 25.3. The molecule has 0 aliphatic carbocycles. The summed E-state index contributed by atoms with van der Waals surface area (Å²) in [7, 11) is 0. The van der Waals surface area contributed by atoms with Gasteiger partial charge in [0.1, 0.15) is 11.5 Å². The van der Waals surface area contributed by atoms with Gasteiger partial charge < -0.3 is 38.5 Å². The summed E-state index contributed by atoms with van der Waals surface area (Å²) >= 11 is 0. The lowest BCUT2D eigenvalue weighted by molar-refractivity contribution is -0.168. The zero-order valence-electron chi connectivity index (χ0n) is 42.6. The zero-order valence-corrected chi connectivity index (χ0v) is 42.6. The van der Waals surface area contributed by atoms with Gasteiger partial charge in [0.05, 0.1) is 25.3 Å². The van der Waals surface area contributed by atoms with Crippen LogP contribution >= 0.6 is 0 Å². The fraction of sp³-hybridized carbons (Fsp3) is 0.300. The summed E-state index contributed by atoms with van der Waals surface area (Å²) < 4.78 is 23.2. The number of para-hydroxylation sites is 4. The molecule has 0 N–H and O–H groups in total. The van der Waals surface area contributed by atoms with Crippen molar-refractivity contribution in [1.29, 1.82) is 0 Å². The summed E-state index contributed by atoms with van der Waals surface area (Å²) in [6.45, 7) is 10.8. The monoisotopic (exact) mass is 998 g/mol. The van der Waals surface area contributed by atoms with Crippen molar-refractivity contribution in [3.05, 3.63) is 180 Å². The van der Waals surface area contributed by atoms with Gasteiger partial charge in [0.25, 0.3) is 11.8 Å². The standard InChI is InChI=1S/C60H62N4O10/c1-7-53(65)63(43-21-13-11-14-22-43)51-37-39(5)61(49-27-19-17-25-47(49)51)57(67)41-29-33-45(34-30-41)73-55(59(69)71-9-3)56(60(70)72-10-4)74-46-35-31-42(32-36-46)58(68)62-40(6)38-52(48-26-18-20-28-50(48)62)64(54(66)8-2)44-23-15-12-16-24-44/h11-36,39-40,51-52,55-56H,7-10,37-38H2,1-6H3. The van der Waals surface area contributed by atoms with Gasteiger partial charge in [0, 0.05) is 58.8 Å². The second-order valence-electron chi connectivity index (χ2n) is 18.2. The molecule has 0 radical (unpaired) electrons. The number of carbonyl (C=O) groups excluding carboxylic acids is 6. The number of benzene rings is 6. The maximum atomic E-state index is 14.5. The fourth-order valence-corrected chi connectivity index (χ4v) is 10.0. The third kappa shape index (κ3) is 10.9. The van der Waals surface area contributed by atoms with E-state index in [1.165, 1.54) is 24.3 Å². The van der Waals surface area contributed by atoms with E-state index in [2.05, 4.69) is 0 Å². The second-order valence-corrected chi connectivity index (χ2v) is 18.2. The molecule has 0 aromatic heterocycles. The Hall–Kier alpha value is -8.26. The molecule has 382 valence electrons. The van der Waals surface area contributed by atoms with Crippen molar-refractivity contribution in [2.75, 3.05) is 32.8 Å². The van der Waals surface area contributed by atoms with Crippen LogP contribution in [0.1, 0.15) is 111 Å². The molecule has 74 heavy (non-hydrogen) atoms. The molecule has 6 aromatic carbocycles. The Morgan fingerprint density at radius 1 is 0.473 bits per heavy atom. The summed E-state index contributed by atoms with van der Waals surface area (Å²) in [4.78, 5) is 90.5. The Labute approximate surface area is 432 Å². The number of hydrogen-bond donors (Lipinski definition) is 0. The molecule has 0 saturated carbocycles. The molecule has 6 unspecified atom stereocenters. The predicted octanol–water partition coefficient (Wildman–Crippen LogP) is 10.9. The number of anilines is 4. The van der Waals surface area contributed by atoms with Crippen molar-refractivity contribution in [2.45, 2.75) is 104 Å². The van der Waals surface area contributed by atoms with Crippen molar-refractivity contribution in [3.63, 3.8) is 0 Å². The molecule has 14 heteroatoms. The minimum atomic E-state index is -1.66. The van der Waals surface area contributed by atoms with Crippen LogP contribution < -0.4 is 29.1 Å². The average molecular weight is 999 g/mol. The predicted molar refractivity (Wildman–Crippen MR) is 284 cm³/mol. The van der Waals surface area contributed by atoms with Gasteiger partial charge in [-0.1, -0.05) is 86.6 Å². The highest BCUT2D eigenvalue weighted by Crippen LogP contribution is 2.45. The first kappa shape index (κ1) is 52.1. The molecule has 6 atom stereocenters. The number of hydrogen-bond acceptors (Lipinski definition) is 10. The van der Waals surface area contributed by atoms with Crippen LogP contribution in [-0.4, -0.2) is 73.1 Å². The lowest BCUT2D eigenvalue weighted by atomic mass is 9.89. The fourth-order valence-electron chi connectivity index (χ4n) is 10.0. The molecule has 0 bridgehead atoms. The minimum Gasteiger partial charge on any atom is -0.474 e. The van der Waals surface area contributed by atoms with Gasteiger partial charge in [-0.25, -0.2) is 9.59 Å². The highest BCUT2D eigenvalue weighted by Gasteiger charge is 2.43. The molecule has 14 nitrogen and oxygen atoms in total. The largest absolute Gasteiger partial charge is 0.474 e. The van der Waals surface area contributed by atoms with Crippen molar-refractivity contribution in [1.82, 2.24) is 0 Å². The van der Waals surface area contributed by atoms with Crippen molar-refractivity contribution >= 4 is 58.3 Å². The van der Waals surface area contributed by atoms with E-state index in [4.69, 9.17) is 18.9 Å². The zero-order chi connectivity index (χ0) is 52.5. The highest BCUT2D eigenvalue weighted by atomic mass is 16.6.